The molecule has 0 amide bonds. The summed E-state index contributed by atoms with van der Waals surface area (Å²) in [4.78, 5) is 8.27. The number of hydrogen-bond acceptors (Lipinski definition) is 6. The zero-order valence-corrected chi connectivity index (χ0v) is 11.1. The van der Waals surface area contributed by atoms with Crippen molar-refractivity contribution in [1.29, 1.82) is 0 Å². The highest BCUT2D eigenvalue weighted by Gasteiger charge is 2.11. The average molecular weight is 276 g/mol. The first kappa shape index (κ1) is 11.9. The Balaban J connectivity index is 2.02. The molecule has 19 heavy (non-hydrogen) atoms. The number of aryl methyl sites for hydroxylation is 2. The Bertz CT molecular complexity index is 755. The van der Waals surface area contributed by atoms with Crippen LogP contribution >= 0.6 is 11.6 Å². The third kappa shape index (κ3) is 2.22. The maximum atomic E-state index is 6.05. The van der Waals surface area contributed by atoms with Crippen molar-refractivity contribution in [3.05, 3.63) is 34.5 Å². The SMILES string of the molecule is Cc1ccc(Nc2nc3nonc3nc2Cl)c(C)c1. The maximum absolute atomic E-state index is 6.05. The van der Waals surface area contributed by atoms with Gasteiger partial charge in [0, 0.05) is 5.69 Å². The van der Waals surface area contributed by atoms with Crippen molar-refractivity contribution < 1.29 is 4.63 Å². The highest BCUT2D eigenvalue weighted by Crippen LogP contribution is 2.25. The van der Waals surface area contributed by atoms with Crippen molar-refractivity contribution in [2.75, 3.05) is 5.32 Å². The second-order valence-corrected chi connectivity index (χ2v) is 4.58. The van der Waals surface area contributed by atoms with Crippen molar-refractivity contribution in [3.63, 3.8) is 0 Å². The van der Waals surface area contributed by atoms with Gasteiger partial charge >= 0.3 is 0 Å². The molecule has 2 heterocycles. The second kappa shape index (κ2) is 4.47. The topological polar surface area (TPSA) is 76.7 Å². The van der Waals surface area contributed by atoms with Crippen molar-refractivity contribution in [3.8, 4) is 0 Å². The summed E-state index contributed by atoms with van der Waals surface area (Å²) in [5.74, 6) is 0.428. The molecule has 0 bridgehead atoms. The number of aromatic nitrogens is 4. The van der Waals surface area contributed by atoms with E-state index in [1.165, 1.54) is 5.56 Å². The van der Waals surface area contributed by atoms with Gasteiger partial charge in [-0.05, 0) is 35.8 Å². The Morgan fingerprint density at radius 1 is 1.11 bits per heavy atom. The monoisotopic (exact) mass is 275 g/mol. The number of nitrogens with one attached hydrogen (secondary N) is 1. The molecule has 3 aromatic rings. The lowest BCUT2D eigenvalue weighted by Gasteiger charge is -2.09. The van der Waals surface area contributed by atoms with Gasteiger partial charge in [-0.3, -0.25) is 0 Å². The summed E-state index contributed by atoms with van der Waals surface area (Å²) in [6.07, 6.45) is 0. The molecule has 0 unspecified atom stereocenters. The van der Waals surface area contributed by atoms with Crippen LogP contribution in [-0.2, 0) is 0 Å². The maximum Gasteiger partial charge on any atom is 0.245 e. The predicted molar refractivity (Wildman–Crippen MR) is 71.6 cm³/mol. The largest absolute Gasteiger partial charge is 0.337 e. The van der Waals surface area contributed by atoms with Crippen molar-refractivity contribution in [2.24, 2.45) is 0 Å². The lowest BCUT2D eigenvalue weighted by molar-refractivity contribution is 0.314. The highest BCUT2D eigenvalue weighted by atomic mass is 35.5. The molecule has 0 aliphatic rings. The molecule has 0 saturated carbocycles. The minimum atomic E-state index is 0.225. The van der Waals surface area contributed by atoms with Crippen molar-refractivity contribution in [2.45, 2.75) is 13.8 Å². The molecular weight excluding hydrogens is 266 g/mol. The van der Waals surface area contributed by atoms with E-state index in [9.17, 15) is 0 Å². The van der Waals surface area contributed by atoms with Gasteiger partial charge in [0.15, 0.2) is 11.0 Å². The molecule has 0 spiro atoms. The summed E-state index contributed by atoms with van der Waals surface area (Å²) in [7, 11) is 0. The minimum Gasteiger partial charge on any atom is -0.337 e. The summed E-state index contributed by atoms with van der Waals surface area (Å²) in [6, 6.07) is 6.04. The second-order valence-electron chi connectivity index (χ2n) is 4.22. The lowest BCUT2D eigenvalue weighted by Crippen LogP contribution is -1.99. The molecule has 1 aromatic carbocycles. The van der Waals surface area contributed by atoms with Crippen LogP contribution in [0.1, 0.15) is 11.1 Å². The summed E-state index contributed by atoms with van der Waals surface area (Å²) in [6.45, 7) is 4.05. The predicted octanol–water partition coefficient (Wildman–Crippen LogP) is 3.03. The van der Waals surface area contributed by atoms with Crippen LogP contribution in [0.25, 0.3) is 11.3 Å². The number of hydrogen-bond donors (Lipinski definition) is 1. The van der Waals surface area contributed by atoms with Gasteiger partial charge in [-0.2, -0.15) is 0 Å². The van der Waals surface area contributed by atoms with Crippen LogP contribution in [0.4, 0.5) is 11.5 Å². The van der Waals surface area contributed by atoms with E-state index >= 15 is 0 Å². The van der Waals surface area contributed by atoms with Crippen LogP contribution in [-0.4, -0.2) is 20.3 Å². The fourth-order valence-corrected chi connectivity index (χ4v) is 1.95. The van der Waals surface area contributed by atoms with Crippen LogP contribution in [0.5, 0.6) is 0 Å². The lowest BCUT2D eigenvalue weighted by atomic mass is 10.1. The Morgan fingerprint density at radius 2 is 1.84 bits per heavy atom. The highest BCUT2D eigenvalue weighted by molar-refractivity contribution is 6.32. The molecule has 7 heteroatoms. The van der Waals surface area contributed by atoms with E-state index in [2.05, 4.69) is 36.3 Å². The van der Waals surface area contributed by atoms with Gasteiger partial charge in [0.2, 0.25) is 11.3 Å². The van der Waals surface area contributed by atoms with E-state index in [4.69, 9.17) is 11.6 Å². The smallest absolute Gasteiger partial charge is 0.245 e. The molecule has 0 saturated heterocycles. The molecule has 0 atom stereocenters. The van der Waals surface area contributed by atoms with Crippen LogP contribution in [0.3, 0.4) is 0 Å². The Kier molecular flexibility index (Phi) is 2.79. The van der Waals surface area contributed by atoms with Crippen molar-refractivity contribution in [1.82, 2.24) is 20.3 Å². The number of fused-ring (bicyclic) bond motifs is 1. The van der Waals surface area contributed by atoms with Crippen LogP contribution in [0.15, 0.2) is 22.8 Å². The van der Waals surface area contributed by atoms with Gasteiger partial charge in [0.05, 0.1) is 0 Å². The van der Waals surface area contributed by atoms with Gasteiger partial charge in [-0.15, -0.1) is 0 Å². The summed E-state index contributed by atoms with van der Waals surface area (Å²) < 4.78 is 4.55. The summed E-state index contributed by atoms with van der Waals surface area (Å²) in [5, 5.41) is 10.6. The summed E-state index contributed by atoms with van der Waals surface area (Å²) >= 11 is 6.05. The van der Waals surface area contributed by atoms with E-state index in [0.29, 0.717) is 11.5 Å². The van der Waals surface area contributed by atoms with Gasteiger partial charge < -0.3 is 5.32 Å². The van der Waals surface area contributed by atoms with Gasteiger partial charge in [-0.25, -0.2) is 14.6 Å². The minimum absolute atomic E-state index is 0.225. The number of halogens is 1. The third-order valence-electron chi connectivity index (χ3n) is 2.71. The molecule has 96 valence electrons. The number of rotatable bonds is 2. The quantitative estimate of drug-likeness (QED) is 0.775. The van der Waals surface area contributed by atoms with E-state index in [1.54, 1.807) is 0 Å². The average Bonchev–Trinajstić information content (AvgIpc) is 2.80. The fourth-order valence-electron chi connectivity index (χ4n) is 1.78. The molecule has 6 nitrogen and oxygen atoms in total. The first-order valence-corrected chi connectivity index (χ1v) is 6.01. The zero-order valence-electron chi connectivity index (χ0n) is 10.3. The Labute approximate surface area is 113 Å². The van der Waals surface area contributed by atoms with Crippen LogP contribution in [0.2, 0.25) is 5.15 Å². The molecule has 0 radical (unpaired) electrons. The molecular formula is C12H10ClN5O. The zero-order chi connectivity index (χ0) is 13.4. The van der Waals surface area contributed by atoms with Crippen LogP contribution in [0, 0.1) is 13.8 Å². The van der Waals surface area contributed by atoms with Gasteiger partial charge in [-0.1, -0.05) is 29.3 Å². The van der Waals surface area contributed by atoms with Gasteiger partial charge in [0.1, 0.15) is 0 Å². The Morgan fingerprint density at radius 3 is 2.58 bits per heavy atom. The van der Waals surface area contributed by atoms with Crippen LogP contribution < -0.4 is 5.32 Å². The Hall–Kier alpha value is -2.21. The van der Waals surface area contributed by atoms with E-state index in [1.807, 2.05) is 26.0 Å². The number of benzene rings is 1. The van der Waals surface area contributed by atoms with E-state index < -0.39 is 0 Å². The molecule has 0 fully saturated rings. The van der Waals surface area contributed by atoms with Crippen molar-refractivity contribution >= 4 is 34.4 Å². The van der Waals surface area contributed by atoms with E-state index in [-0.39, 0.29) is 10.8 Å². The molecule has 0 aliphatic heterocycles. The third-order valence-corrected chi connectivity index (χ3v) is 2.97. The molecule has 1 N–H and O–H groups in total. The van der Waals surface area contributed by atoms with Gasteiger partial charge in [0.25, 0.3) is 0 Å². The number of anilines is 2. The normalized spacial score (nSPS) is 10.9. The molecule has 2 aromatic heterocycles. The first-order chi connectivity index (χ1) is 9.13. The summed E-state index contributed by atoms with van der Waals surface area (Å²) in [5.41, 5.74) is 3.80. The number of nitrogens with zero attached hydrogens (tertiary/aromatic N) is 4. The van der Waals surface area contributed by atoms with E-state index in [0.717, 1.165) is 11.3 Å². The molecule has 0 aliphatic carbocycles. The fraction of sp³-hybridized carbons (Fsp3) is 0.167. The standard InChI is InChI=1S/C12H10ClN5O/c1-6-3-4-8(7(2)5-6)14-10-9(13)15-11-12(16-10)18-19-17-11/h3-5H,1-2H3,(H,14,16,18). The first-order valence-electron chi connectivity index (χ1n) is 5.63. The molecule has 3 rings (SSSR count).